The number of fused-ring (bicyclic) bond motifs is 3. The average molecular weight is 356 g/mol. The largest absolute Gasteiger partial charge is 0.351 e. The Bertz CT molecular complexity index is 956. The van der Waals surface area contributed by atoms with Crippen LogP contribution in [-0.2, 0) is 30.7 Å². The van der Waals surface area contributed by atoms with Gasteiger partial charge in [0.15, 0.2) is 0 Å². The highest BCUT2D eigenvalue weighted by Gasteiger charge is 2.19. The van der Waals surface area contributed by atoms with Gasteiger partial charge in [0.25, 0.3) is 5.56 Å². The number of hydrogen-bond acceptors (Lipinski definition) is 4. The summed E-state index contributed by atoms with van der Waals surface area (Å²) in [5.41, 5.74) is 2.77. The molecule has 0 atom stereocenters. The van der Waals surface area contributed by atoms with Crippen molar-refractivity contribution in [2.24, 2.45) is 0 Å². The van der Waals surface area contributed by atoms with Crippen molar-refractivity contribution in [3.63, 3.8) is 0 Å². The fraction of sp³-hybridized carbons (Fsp3) is 0.389. The maximum Gasteiger partial charge on any atom is 0.276 e. The molecule has 130 valence electrons. The lowest BCUT2D eigenvalue weighted by Crippen LogP contribution is -2.27. The second-order valence-electron chi connectivity index (χ2n) is 6.33. The minimum absolute atomic E-state index is 0.0456. The van der Waals surface area contributed by atoms with E-state index in [9.17, 15) is 9.59 Å². The first-order valence-corrected chi connectivity index (χ1v) is 9.49. The number of amides is 1. The van der Waals surface area contributed by atoms with E-state index >= 15 is 0 Å². The number of thiophene rings is 1. The van der Waals surface area contributed by atoms with E-state index in [1.807, 2.05) is 23.7 Å². The Balaban J connectivity index is 1.47. The number of nitrogens with zero attached hydrogens (tertiary/aromatic N) is 3. The molecule has 0 spiro atoms. The third-order valence-corrected chi connectivity index (χ3v) is 5.53. The van der Waals surface area contributed by atoms with Crippen LogP contribution in [0.3, 0.4) is 0 Å². The lowest BCUT2D eigenvalue weighted by Gasteiger charge is -2.09. The summed E-state index contributed by atoms with van der Waals surface area (Å²) >= 11 is 1.62. The van der Waals surface area contributed by atoms with Crippen LogP contribution in [0.2, 0.25) is 0 Å². The molecule has 1 N–H and O–H groups in total. The third kappa shape index (κ3) is 3.24. The van der Waals surface area contributed by atoms with Gasteiger partial charge in [0.1, 0.15) is 5.52 Å². The number of aryl methyl sites for hydroxylation is 3. The number of aromatic nitrogens is 3. The van der Waals surface area contributed by atoms with E-state index < -0.39 is 0 Å². The van der Waals surface area contributed by atoms with E-state index in [4.69, 9.17) is 0 Å². The average Bonchev–Trinajstić information content (AvgIpc) is 3.26. The number of rotatable bonds is 5. The minimum atomic E-state index is -0.0517. The van der Waals surface area contributed by atoms with Crippen molar-refractivity contribution >= 4 is 22.8 Å². The van der Waals surface area contributed by atoms with Crippen molar-refractivity contribution in [1.29, 1.82) is 0 Å². The molecule has 25 heavy (non-hydrogen) atoms. The molecule has 0 fully saturated rings. The highest BCUT2D eigenvalue weighted by atomic mass is 32.1. The summed E-state index contributed by atoms with van der Waals surface area (Å²) in [5.74, 6) is -0.0456. The summed E-state index contributed by atoms with van der Waals surface area (Å²) < 4.78 is 3.32. The lowest BCUT2D eigenvalue weighted by atomic mass is 9.97. The Hall–Kier alpha value is -2.41. The Morgan fingerprint density at radius 1 is 1.28 bits per heavy atom. The summed E-state index contributed by atoms with van der Waals surface area (Å²) in [6, 6.07) is 3.96. The predicted octanol–water partition coefficient (Wildman–Crippen LogP) is 2.14. The number of carbonyl (C=O) groups excluding carboxylic acids is 1. The summed E-state index contributed by atoms with van der Waals surface area (Å²) in [6.07, 6.45) is 7.93. The zero-order chi connectivity index (χ0) is 17.2. The molecule has 4 rings (SSSR count). The Kier molecular flexibility index (Phi) is 4.40. The van der Waals surface area contributed by atoms with E-state index in [0.29, 0.717) is 18.6 Å². The molecule has 0 unspecified atom stereocenters. The molecular formula is C18H20N4O2S. The standard InChI is InChI=1S/C18H20N4O2S/c23-16(19-12-13-4-3-11-25-13)7-8-21-9-10-22-17(18(21)24)14-5-1-2-6-15(14)20-22/h3-4,9-11H,1-2,5-8,12H2,(H,19,23). The first-order valence-electron chi connectivity index (χ1n) is 8.61. The van der Waals surface area contributed by atoms with E-state index in [-0.39, 0.29) is 17.9 Å². The van der Waals surface area contributed by atoms with Gasteiger partial charge < -0.3 is 9.88 Å². The van der Waals surface area contributed by atoms with E-state index in [1.165, 1.54) is 0 Å². The van der Waals surface area contributed by atoms with Crippen LogP contribution >= 0.6 is 11.3 Å². The number of hydrogen-bond donors (Lipinski definition) is 1. The zero-order valence-electron chi connectivity index (χ0n) is 13.9. The van der Waals surface area contributed by atoms with Crippen LogP contribution in [0.1, 0.15) is 35.4 Å². The molecule has 0 aliphatic heterocycles. The predicted molar refractivity (Wildman–Crippen MR) is 96.9 cm³/mol. The Labute approximate surface area is 149 Å². The van der Waals surface area contributed by atoms with Gasteiger partial charge in [-0.2, -0.15) is 5.10 Å². The summed E-state index contributed by atoms with van der Waals surface area (Å²) in [5, 5.41) is 9.42. The van der Waals surface area contributed by atoms with E-state index in [1.54, 1.807) is 26.6 Å². The van der Waals surface area contributed by atoms with Gasteiger partial charge in [0, 0.05) is 35.8 Å². The first-order chi connectivity index (χ1) is 12.2. The van der Waals surface area contributed by atoms with Crippen LogP contribution < -0.4 is 10.9 Å². The van der Waals surface area contributed by atoms with E-state index in [2.05, 4.69) is 10.4 Å². The molecule has 0 bridgehead atoms. The molecule has 3 aromatic heterocycles. The molecule has 1 aliphatic rings. The molecule has 0 saturated heterocycles. The zero-order valence-corrected chi connectivity index (χ0v) is 14.7. The molecule has 1 amide bonds. The normalized spacial score (nSPS) is 13.8. The number of nitrogens with one attached hydrogen (secondary N) is 1. The molecule has 0 aromatic carbocycles. The molecule has 0 radical (unpaired) electrons. The van der Waals surface area contributed by atoms with Gasteiger partial charge in [-0.15, -0.1) is 11.3 Å². The second kappa shape index (κ2) is 6.84. The van der Waals surface area contributed by atoms with Gasteiger partial charge >= 0.3 is 0 Å². The summed E-state index contributed by atoms with van der Waals surface area (Å²) in [4.78, 5) is 25.9. The summed E-state index contributed by atoms with van der Waals surface area (Å²) in [7, 11) is 0. The first kappa shape index (κ1) is 16.1. The van der Waals surface area contributed by atoms with Crippen molar-refractivity contribution in [3.8, 4) is 0 Å². The van der Waals surface area contributed by atoms with Gasteiger partial charge in [0.05, 0.1) is 12.2 Å². The Morgan fingerprint density at radius 3 is 3.00 bits per heavy atom. The highest BCUT2D eigenvalue weighted by molar-refractivity contribution is 7.09. The van der Waals surface area contributed by atoms with Crippen LogP contribution in [0, 0.1) is 0 Å². The second-order valence-corrected chi connectivity index (χ2v) is 7.36. The van der Waals surface area contributed by atoms with Crippen LogP contribution in [0.15, 0.2) is 34.7 Å². The fourth-order valence-electron chi connectivity index (χ4n) is 3.34. The Morgan fingerprint density at radius 2 is 2.16 bits per heavy atom. The number of carbonyl (C=O) groups is 1. The van der Waals surface area contributed by atoms with Gasteiger partial charge in [-0.1, -0.05) is 6.07 Å². The van der Waals surface area contributed by atoms with Crippen LogP contribution in [0.5, 0.6) is 0 Å². The fourth-order valence-corrected chi connectivity index (χ4v) is 3.99. The molecule has 3 aromatic rings. The van der Waals surface area contributed by atoms with Crippen molar-refractivity contribution < 1.29 is 4.79 Å². The van der Waals surface area contributed by atoms with Crippen LogP contribution in [0.25, 0.3) is 5.52 Å². The van der Waals surface area contributed by atoms with Crippen molar-refractivity contribution in [2.45, 2.75) is 45.2 Å². The maximum atomic E-state index is 12.8. The van der Waals surface area contributed by atoms with Gasteiger partial charge in [-0.25, -0.2) is 4.52 Å². The molecule has 0 saturated carbocycles. The quantitative estimate of drug-likeness (QED) is 0.762. The van der Waals surface area contributed by atoms with Crippen molar-refractivity contribution in [1.82, 2.24) is 19.5 Å². The molecule has 6 nitrogen and oxygen atoms in total. The van der Waals surface area contributed by atoms with Crippen molar-refractivity contribution in [2.75, 3.05) is 0 Å². The topological polar surface area (TPSA) is 68.4 Å². The molecular weight excluding hydrogens is 336 g/mol. The van der Waals surface area contributed by atoms with Crippen molar-refractivity contribution in [3.05, 3.63) is 56.4 Å². The SMILES string of the molecule is O=C(CCn1ccn2nc3c(c2c1=O)CCCC3)NCc1cccs1. The third-order valence-electron chi connectivity index (χ3n) is 4.65. The highest BCUT2D eigenvalue weighted by Crippen LogP contribution is 2.22. The minimum Gasteiger partial charge on any atom is -0.351 e. The monoisotopic (exact) mass is 356 g/mol. The molecule has 7 heteroatoms. The van der Waals surface area contributed by atoms with Gasteiger partial charge in [-0.05, 0) is 37.1 Å². The lowest BCUT2D eigenvalue weighted by molar-refractivity contribution is -0.121. The smallest absolute Gasteiger partial charge is 0.276 e. The molecule has 3 heterocycles. The summed E-state index contributed by atoms with van der Waals surface area (Å²) in [6.45, 7) is 0.923. The van der Waals surface area contributed by atoms with Gasteiger partial charge in [0.2, 0.25) is 5.91 Å². The molecule has 1 aliphatic carbocycles. The van der Waals surface area contributed by atoms with Crippen LogP contribution in [-0.4, -0.2) is 20.1 Å². The van der Waals surface area contributed by atoms with E-state index in [0.717, 1.165) is 41.8 Å². The maximum absolute atomic E-state index is 12.8. The van der Waals surface area contributed by atoms with Crippen LogP contribution in [0.4, 0.5) is 0 Å². The van der Waals surface area contributed by atoms with Gasteiger partial charge in [-0.3, -0.25) is 9.59 Å².